The molecule has 0 aliphatic rings. The number of hydrogen-bond acceptors (Lipinski definition) is 7. The highest BCUT2D eigenvalue weighted by Crippen LogP contribution is 2.30. The molecule has 0 unspecified atom stereocenters. The molecule has 0 saturated carbocycles. The van der Waals surface area contributed by atoms with Gasteiger partial charge in [-0.3, -0.25) is 15.1 Å². The fraction of sp³-hybridized carbons (Fsp3) is 0.308. The highest BCUT2D eigenvalue weighted by Gasteiger charge is 2.25. The van der Waals surface area contributed by atoms with Crippen molar-refractivity contribution >= 4 is 17.3 Å². The first-order chi connectivity index (χ1) is 10.0. The predicted molar refractivity (Wildman–Crippen MR) is 78.8 cm³/mol. The van der Waals surface area contributed by atoms with Gasteiger partial charge in [0.05, 0.1) is 17.2 Å². The lowest BCUT2D eigenvalue weighted by molar-refractivity contribution is -0.383. The molecule has 0 aliphatic carbocycles. The highest BCUT2D eigenvalue weighted by atomic mass is 16.6. The summed E-state index contributed by atoms with van der Waals surface area (Å²) in [4.78, 5) is 24.5. The number of hydrogen-bond donors (Lipinski definition) is 1. The quantitative estimate of drug-likeness (QED) is 0.658. The van der Waals surface area contributed by atoms with Gasteiger partial charge in [0.1, 0.15) is 6.33 Å². The molecule has 0 fully saturated rings. The predicted octanol–water partition coefficient (Wildman–Crippen LogP) is 1.70. The molecule has 2 heterocycles. The van der Waals surface area contributed by atoms with Crippen LogP contribution in [0.15, 0.2) is 24.5 Å². The van der Waals surface area contributed by atoms with E-state index < -0.39 is 4.92 Å². The molecular formula is C13H16N6O2. The Morgan fingerprint density at radius 2 is 2.14 bits per heavy atom. The van der Waals surface area contributed by atoms with Gasteiger partial charge < -0.3 is 10.6 Å². The van der Waals surface area contributed by atoms with Gasteiger partial charge >= 0.3 is 5.69 Å². The Morgan fingerprint density at radius 3 is 2.76 bits per heavy atom. The largest absolute Gasteiger partial charge is 0.378 e. The molecule has 0 atom stereocenters. The number of pyridine rings is 1. The molecule has 0 radical (unpaired) electrons. The number of anilines is 2. The van der Waals surface area contributed by atoms with E-state index >= 15 is 0 Å². The topological polar surface area (TPSA) is 111 Å². The minimum atomic E-state index is -0.559. The maximum absolute atomic E-state index is 11.2. The van der Waals surface area contributed by atoms with Gasteiger partial charge in [0.15, 0.2) is 0 Å². The average molecular weight is 288 g/mol. The summed E-state index contributed by atoms with van der Waals surface area (Å²) in [5.41, 5.74) is 7.02. The lowest BCUT2D eigenvalue weighted by Crippen LogP contribution is -2.25. The monoisotopic (exact) mass is 288 g/mol. The third-order valence-corrected chi connectivity index (χ3v) is 2.99. The van der Waals surface area contributed by atoms with E-state index in [1.54, 1.807) is 4.90 Å². The number of rotatable bonds is 5. The fourth-order valence-corrected chi connectivity index (χ4v) is 2.01. The molecule has 0 aromatic carbocycles. The van der Waals surface area contributed by atoms with Gasteiger partial charge in [-0.15, -0.1) is 0 Å². The summed E-state index contributed by atoms with van der Waals surface area (Å²) in [6, 6.07) is 5.66. The van der Waals surface area contributed by atoms with Gasteiger partial charge in [-0.05, 0) is 26.0 Å². The number of nitro groups is 1. The molecule has 0 bridgehead atoms. The van der Waals surface area contributed by atoms with Crippen LogP contribution in [0.2, 0.25) is 0 Å². The molecular weight excluding hydrogens is 272 g/mol. The van der Waals surface area contributed by atoms with Crippen LogP contribution in [0.1, 0.15) is 18.3 Å². The van der Waals surface area contributed by atoms with Crippen molar-refractivity contribution in [3.8, 4) is 0 Å². The number of nitrogens with two attached hydrogens (primary N) is 1. The number of nitrogen functional groups attached to an aromatic ring is 1. The van der Waals surface area contributed by atoms with E-state index in [-0.39, 0.29) is 17.3 Å². The van der Waals surface area contributed by atoms with Crippen molar-refractivity contribution < 1.29 is 4.92 Å². The Kier molecular flexibility index (Phi) is 4.27. The number of aryl methyl sites for hydroxylation is 1. The van der Waals surface area contributed by atoms with Crippen LogP contribution in [0.5, 0.6) is 0 Å². The molecule has 0 spiro atoms. The van der Waals surface area contributed by atoms with Gasteiger partial charge in [0.2, 0.25) is 11.6 Å². The van der Waals surface area contributed by atoms with Crippen molar-refractivity contribution in [2.75, 3.05) is 17.2 Å². The standard InChI is InChI=1S/C13H16N6O2/c1-3-18(7-10-6-4-5-9(2)17-10)13-11(19(20)21)12(14)15-8-16-13/h4-6,8H,3,7H2,1-2H3,(H2,14,15,16). The summed E-state index contributed by atoms with van der Waals surface area (Å²) in [6.45, 7) is 4.73. The Balaban J connectivity index is 2.38. The Labute approximate surface area is 121 Å². The van der Waals surface area contributed by atoms with E-state index in [1.165, 1.54) is 6.33 Å². The van der Waals surface area contributed by atoms with E-state index in [9.17, 15) is 10.1 Å². The SMILES string of the molecule is CCN(Cc1cccc(C)n1)c1ncnc(N)c1[N+](=O)[O-]. The maximum atomic E-state index is 11.2. The second-order valence-electron chi connectivity index (χ2n) is 4.47. The summed E-state index contributed by atoms with van der Waals surface area (Å²) in [6.07, 6.45) is 1.23. The first kappa shape index (κ1) is 14.6. The van der Waals surface area contributed by atoms with Crippen molar-refractivity contribution in [1.82, 2.24) is 15.0 Å². The fourth-order valence-electron chi connectivity index (χ4n) is 2.01. The molecule has 8 heteroatoms. The zero-order valence-electron chi connectivity index (χ0n) is 11.9. The van der Waals surface area contributed by atoms with Gasteiger partial charge in [0.25, 0.3) is 0 Å². The minimum absolute atomic E-state index is 0.138. The van der Waals surface area contributed by atoms with E-state index in [0.717, 1.165) is 11.4 Å². The van der Waals surface area contributed by atoms with Gasteiger partial charge in [-0.2, -0.15) is 0 Å². The lowest BCUT2D eigenvalue weighted by atomic mass is 10.3. The summed E-state index contributed by atoms with van der Waals surface area (Å²) < 4.78 is 0. The van der Waals surface area contributed by atoms with E-state index in [4.69, 9.17) is 5.73 Å². The van der Waals surface area contributed by atoms with Gasteiger partial charge in [-0.25, -0.2) is 9.97 Å². The third-order valence-electron chi connectivity index (χ3n) is 2.99. The van der Waals surface area contributed by atoms with Crippen molar-refractivity contribution in [2.24, 2.45) is 0 Å². The van der Waals surface area contributed by atoms with Crippen LogP contribution < -0.4 is 10.6 Å². The molecule has 8 nitrogen and oxygen atoms in total. The minimum Gasteiger partial charge on any atom is -0.378 e. The molecule has 2 aromatic rings. The maximum Gasteiger partial charge on any atom is 0.353 e. The van der Waals surface area contributed by atoms with Crippen molar-refractivity contribution in [3.63, 3.8) is 0 Å². The summed E-state index contributed by atoms with van der Waals surface area (Å²) in [5.74, 6) is 0.0685. The first-order valence-corrected chi connectivity index (χ1v) is 6.45. The molecule has 110 valence electrons. The van der Waals surface area contributed by atoms with Crippen molar-refractivity contribution in [2.45, 2.75) is 20.4 Å². The molecule has 2 N–H and O–H groups in total. The zero-order chi connectivity index (χ0) is 15.4. The Hall–Kier alpha value is -2.77. The molecule has 0 saturated heterocycles. The molecule has 2 aromatic heterocycles. The summed E-state index contributed by atoms with van der Waals surface area (Å²) in [7, 11) is 0. The zero-order valence-corrected chi connectivity index (χ0v) is 11.9. The lowest BCUT2D eigenvalue weighted by Gasteiger charge is -2.21. The Bertz CT molecular complexity index is 661. The van der Waals surface area contributed by atoms with Gasteiger partial charge in [-0.1, -0.05) is 6.07 Å². The first-order valence-electron chi connectivity index (χ1n) is 6.45. The number of aromatic nitrogens is 3. The molecule has 2 rings (SSSR count). The normalized spacial score (nSPS) is 10.4. The van der Waals surface area contributed by atoms with Gasteiger partial charge in [0, 0.05) is 12.2 Å². The van der Waals surface area contributed by atoms with E-state index in [0.29, 0.717) is 13.1 Å². The third kappa shape index (κ3) is 3.22. The van der Waals surface area contributed by atoms with Crippen LogP contribution in [-0.4, -0.2) is 26.4 Å². The van der Waals surface area contributed by atoms with Crippen LogP contribution >= 0.6 is 0 Å². The molecule has 0 aliphatic heterocycles. The second kappa shape index (κ2) is 6.12. The van der Waals surface area contributed by atoms with Crippen LogP contribution in [0, 0.1) is 17.0 Å². The summed E-state index contributed by atoms with van der Waals surface area (Å²) in [5, 5.41) is 11.2. The van der Waals surface area contributed by atoms with Crippen LogP contribution in [-0.2, 0) is 6.54 Å². The summed E-state index contributed by atoms with van der Waals surface area (Å²) >= 11 is 0. The smallest absolute Gasteiger partial charge is 0.353 e. The van der Waals surface area contributed by atoms with Crippen molar-refractivity contribution in [1.29, 1.82) is 0 Å². The van der Waals surface area contributed by atoms with Crippen LogP contribution in [0.3, 0.4) is 0 Å². The van der Waals surface area contributed by atoms with E-state index in [2.05, 4.69) is 15.0 Å². The van der Waals surface area contributed by atoms with Crippen LogP contribution in [0.25, 0.3) is 0 Å². The number of nitrogens with zero attached hydrogens (tertiary/aromatic N) is 5. The van der Waals surface area contributed by atoms with Crippen LogP contribution in [0.4, 0.5) is 17.3 Å². The Morgan fingerprint density at radius 1 is 1.38 bits per heavy atom. The second-order valence-corrected chi connectivity index (χ2v) is 4.47. The average Bonchev–Trinajstić information content (AvgIpc) is 2.44. The molecule has 21 heavy (non-hydrogen) atoms. The molecule has 0 amide bonds. The van der Waals surface area contributed by atoms with E-state index in [1.807, 2.05) is 32.0 Å². The highest BCUT2D eigenvalue weighted by molar-refractivity contribution is 5.68. The van der Waals surface area contributed by atoms with Crippen molar-refractivity contribution in [3.05, 3.63) is 46.0 Å².